The molecular weight excluding hydrogens is 953 g/mol. The van der Waals surface area contributed by atoms with Gasteiger partial charge >= 0.3 is 0 Å². The van der Waals surface area contributed by atoms with E-state index in [4.69, 9.17) is 18.7 Å². The first-order valence-corrected chi connectivity index (χ1v) is 30.4. The summed E-state index contributed by atoms with van der Waals surface area (Å²) < 4.78 is 22.3. The summed E-state index contributed by atoms with van der Waals surface area (Å²) in [5.41, 5.74) is 5.10. The zero-order valence-electron chi connectivity index (χ0n) is 52.8. The number of piperidine rings is 1. The fourth-order valence-corrected chi connectivity index (χ4v) is 9.77. The maximum absolute atomic E-state index is 11.3. The van der Waals surface area contributed by atoms with Crippen LogP contribution < -0.4 is 21.3 Å². The third-order valence-electron chi connectivity index (χ3n) is 14.4. The molecular formula is C62H122N8O6. The Bertz CT molecular complexity index is 1640. The Labute approximate surface area is 467 Å². The van der Waals surface area contributed by atoms with Crippen LogP contribution in [0.15, 0.2) is 15.8 Å². The van der Waals surface area contributed by atoms with Gasteiger partial charge in [0, 0.05) is 108 Å². The summed E-state index contributed by atoms with van der Waals surface area (Å²) in [6.45, 7) is 57.9. The van der Waals surface area contributed by atoms with Crippen LogP contribution in [0.5, 0.6) is 0 Å². The second kappa shape index (κ2) is 36.4. The highest BCUT2D eigenvalue weighted by Crippen LogP contribution is 2.32. The van der Waals surface area contributed by atoms with Crippen molar-refractivity contribution in [3.8, 4) is 0 Å². The minimum atomic E-state index is -0.0119. The number of likely N-dealkylation sites (tertiary alicyclic amines) is 1. The van der Waals surface area contributed by atoms with E-state index in [-0.39, 0.29) is 17.1 Å². The lowest BCUT2D eigenvalue weighted by Gasteiger charge is -2.42. The average molecular weight is 1080 g/mol. The molecule has 446 valence electrons. The molecule has 0 spiro atoms. The van der Waals surface area contributed by atoms with E-state index in [1.54, 1.807) is 0 Å². The van der Waals surface area contributed by atoms with Gasteiger partial charge in [-0.15, -0.1) is 0 Å². The monoisotopic (exact) mass is 1070 g/mol. The van der Waals surface area contributed by atoms with Crippen LogP contribution in [0.4, 0.5) is 0 Å². The standard InChI is InChI=1S/C13H27NO.C12H23NO2.C11H19N3O.C10H17N3O.C8H16O.2C4H10/c1-5-11(10-15)12-6-8-14(9-7-12)13(2,3)4;1-12(2,3)15-8-9-6-10-11(7-9)14-5-4-13-10;1-2-9-7-11(15)13-10(9)8-14-5-3-12-4-6-14;1-8-10(9(2)14-12-8)7-13-5-3-11-4-6-13;1-8(2,3)9-6-7-4-5-7;2*1-4(2)3/h11-12,15H,5-10H2,1-4H3;9-11,13H,4-8H2,1-3H3;12H,2-8H2,1H3,(H,13,15);11H,3-7H2,1-2H3;7H,4-6H2,1-3H3;2*4H,1-3H3. The molecule has 1 aromatic heterocycles. The van der Waals surface area contributed by atoms with Gasteiger partial charge in [-0.2, -0.15) is 0 Å². The Morgan fingerprint density at radius 3 is 1.64 bits per heavy atom. The van der Waals surface area contributed by atoms with E-state index in [0.717, 1.165) is 152 Å². The number of aryl methyl sites for hydroxylation is 2. The van der Waals surface area contributed by atoms with Gasteiger partial charge in [0.2, 0.25) is 5.91 Å². The van der Waals surface area contributed by atoms with E-state index in [0.29, 0.717) is 42.5 Å². The summed E-state index contributed by atoms with van der Waals surface area (Å²) in [5, 5.41) is 26.4. The van der Waals surface area contributed by atoms with Crippen molar-refractivity contribution in [3.05, 3.63) is 28.3 Å². The quantitative estimate of drug-likeness (QED) is 0.135. The SMILES string of the molecule is CC(C)(C)OCC1CC1.CC(C)(C)OCC1CC2NCCOC2C1.CC(C)C.CC(C)C.CCC(CO)C1CCN(C(C)(C)C)CC1.CCC1=C(CN2CCNCC2)NC(=O)C1.Cc1noc(C)c1CN1CCNCC1. The zero-order valence-corrected chi connectivity index (χ0v) is 52.8. The van der Waals surface area contributed by atoms with Crippen LogP contribution in [0.25, 0.3) is 0 Å². The third kappa shape index (κ3) is 31.7. The number of hydrogen-bond acceptors (Lipinski definition) is 13. The van der Waals surface area contributed by atoms with Crippen LogP contribution in [0, 0.1) is 49.4 Å². The number of rotatable bonds is 12. The van der Waals surface area contributed by atoms with Gasteiger partial charge in [0.15, 0.2) is 0 Å². The largest absolute Gasteiger partial charge is 0.396 e. The molecule has 5 N–H and O–H groups in total. The van der Waals surface area contributed by atoms with Gasteiger partial charge in [0.25, 0.3) is 0 Å². The molecule has 4 saturated heterocycles. The molecule has 7 aliphatic rings. The van der Waals surface area contributed by atoms with Gasteiger partial charge < -0.3 is 45.1 Å². The van der Waals surface area contributed by atoms with Crippen molar-refractivity contribution in [1.82, 2.24) is 41.1 Å². The molecule has 4 unspecified atom stereocenters. The Morgan fingerprint density at radius 1 is 0.711 bits per heavy atom. The topological polar surface area (TPSA) is 149 Å². The third-order valence-corrected chi connectivity index (χ3v) is 14.4. The van der Waals surface area contributed by atoms with Crippen molar-refractivity contribution in [1.29, 1.82) is 0 Å². The molecule has 0 aromatic carbocycles. The summed E-state index contributed by atoms with van der Waals surface area (Å²) in [6, 6.07) is 0.576. The van der Waals surface area contributed by atoms with Gasteiger partial charge in [-0.3, -0.25) is 19.5 Å². The second-order valence-corrected chi connectivity index (χ2v) is 26.9. The van der Waals surface area contributed by atoms with Crippen LogP contribution in [0.3, 0.4) is 0 Å². The highest BCUT2D eigenvalue weighted by atomic mass is 16.5. The number of carbonyl (C=O) groups is 1. The number of ether oxygens (including phenoxy) is 3. The summed E-state index contributed by atoms with van der Waals surface area (Å²) >= 11 is 0. The molecule has 1 amide bonds. The fraction of sp³-hybridized carbons (Fsp3) is 0.903. The lowest BCUT2D eigenvalue weighted by molar-refractivity contribution is -0.119. The second-order valence-electron chi connectivity index (χ2n) is 26.9. The van der Waals surface area contributed by atoms with Crippen LogP contribution in [0.2, 0.25) is 0 Å². The number of carbonyl (C=O) groups excluding carboxylic acids is 1. The number of aromatic nitrogens is 1. The Balaban J connectivity index is 0.000000316. The van der Waals surface area contributed by atoms with Gasteiger partial charge in [0.1, 0.15) is 5.76 Å². The van der Waals surface area contributed by atoms with Crippen LogP contribution in [-0.2, 0) is 25.5 Å². The van der Waals surface area contributed by atoms with Gasteiger partial charge in [0.05, 0.1) is 42.8 Å². The summed E-state index contributed by atoms with van der Waals surface area (Å²) in [5.74, 6) is 5.64. The lowest BCUT2D eigenvalue weighted by Crippen LogP contribution is -2.47. The molecule has 4 atom stereocenters. The van der Waals surface area contributed by atoms with Crippen molar-refractivity contribution < 1.29 is 28.6 Å². The highest BCUT2D eigenvalue weighted by Gasteiger charge is 2.37. The van der Waals surface area contributed by atoms with E-state index in [9.17, 15) is 9.90 Å². The molecule has 8 rings (SSSR count). The summed E-state index contributed by atoms with van der Waals surface area (Å²) in [7, 11) is 0. The number of morpholine rings is 1. The molecule has 6 heterocycles. The molecule has 2 saturated carbocycles. The molecule has 0 radical (unpaired) electrons. The van der Waals surface area contributed by atoms with Crippen LogP contribution in [-0.4, -0.2) is 165 Å². The molecule has 5 aliphatic heterocycles. The minimum absolute atomic E-state index is 0.0119. The van der Waals surface area contributed by atoms with Crippen molar-refractivity contribution in [3.63, 3.8) is 0 Å². The number of aliphatic hydroxyl groups excluding tert-OH is 1. The van der Waals surface area contributed by atoms with Crippen molar-refractivity contribution in [2.24, 2.45) is 35.5 Å². The minimum Gasteiger partial charge on any atom is -0.396 e. The smallest absolute Gasteiger partial charge is 0.228 e. The van der Waals surface area contributed by atoms with Crippen molar-refractivity contribution in [2.45, 2.75) is 225 Å². The van der Waals surface area contributed by atoms with E-state index in [1.807, 2.05) is 13.8 Å². The normalized spacial score (nSPS) is 23.2. The van der Waals surface area contributed by atoms with E-state index in [1.165, 1.54) is 56.3 Å². The van der Waals surface area contributed by atoms with Crippen LogP contribution in [0.1, 0.15) is 193 Å². The molecule has 0 bridgehead atoms. The lowest BCUT2D eigenvalue weighted by atomic mass is 9.82. The Morgan fingerprint density at radius 2 is 1.22 bits per heavy atom. The maximum Gasteiger partial charge on any atom is 0.228 e. The number of hydrogen-bond donors (Lipinski definition) is 5. The molecule has 76 heavy (non-hydrogen) atoms. The van der Waals surface area contributed by atoms with Gasteiger partial charge in [-0.25, -0.2) is 0 Å². The van der Waals surface area contributed by atoms with Crippen molar-refractivity contribution in [2.75, 3.05) is 105 Å². The zero-order chi connectivity index (χ0) is 57.1. The number of amides is 1. The number of piperazine rings is 2. The summed E-state index contributed by atoms with van der Waals surface area (Å²) in [6.07, 6.45) is 10.8. The van der Waals surface area contributed by atoms with Gasteiger partial charge in [-0.05, 0) is 175 Å². The Hall–Kier alpha value is -1.98. The highest BCUT2D eigenvalue weighted by molar-refractivity contribution is 5.84. The first-order valence-electron chi connectivity index (χ1n) is 30.4. The first kappa shape index (κ1) is 70.1. The molecule has 6 fully saturated rings. The number of aliphatic hydroxyl groups is 1. The van der Waals surface area contributed by atoms with Crippen molar-refractivity contribution >= 4 is 5.91 Å². The molecule has 14 heteroatoms. The van der Waals surface area contributed by atoms with E-state index < -0.39 is 0 Å². The molecule has 14 nitrogen and oxygen atoms in total. The molecule has 1 aromatic rings. The average Bonchev–Trinajstić information content (AvgIpc) is 3.87. The van der Waals surface area contributed by atoms with E-state index in [2.05, 4.69) is 159 Å². The molecule has 2 aliphatic carbocycles. The Kier molecular flexibility index (Phi) is 33.6. The fourth-order valence-electron chi connectivity index (χ4n) is 9.77. The van der Waals surface area contributed by atoms with Crippen LogP contribution >= 0.6 is 0 Å². The number of fused-ring (bicyclic) bond motifs is 1. The predicted molar refractivity (Wildman–Crippen MR) is 318 cm³/mol. The predicted octanol–water partition coefficient (Wildman–Crippen LogP) is 10.4. The number of nitrogens with zero attached hydrogens (tertiary/aromatic N) is 4. The first-order chi connectivity index (χ1) is 35.6. The number of nitrogens with one attached hydrogen (secondary N) is 4. The summed E-state index contributed by atoms with van der Waals surface area (Å²) in [4.78, 5) is 18.7. The van der Waals surface area contributed by atoms with Gasteiger partial charge in [-0.1, -0.05) is 67.0 Å². The van der Waals surface area contributed by atoms with E-state index >= 15 is 0 Å². The maximum atomic E-state index is 11.3.